The van der Waals surface area contributed by atoms with E-state index in [4.69, 9.17) is 9.47 Å². The molecule has 0 N–H and O–H groups in total. The number of rotatable bonds is 7. The molecule has 2 heteroatoms. The second-order valence-electron chi connectivity index (χ2n) is 2.48. The molecule has 12 heavy (non-hydrogen) atoms. The molecule has 0 rings (SSSR count). The molecule has 2 nitrogen and oxygen atoms in total. The smallest absolute Gasteiger partial charge is 0.122 e. The lowest BCUT2D eigenvalue weighted by Gasteiger charge is -2.09. The van der Waals surface area contributed by atoms with Gasteiger partial charge in [0.2, 0.25) is 0 Å². The van der Waals surface area contributed by atoms with Crippen molar-refractivity contribution in [3.05, 3.63) is 24.7 Å². The minimum Gasteiger partial charge on any atom is -0.495 e. The zero-order valence-electron chi connectivity index (χ0n) is 8.06. The lowest BCUT2D eigenvalue weighted by atomic mass is 10.4. The fraction of sp³-hybridized carbons (Fsp3) is 0.600. The highest BCUT2D eigenvalue weighted by Gasteiger charge is 1.92. The summed E-state index contributed by atoms with van der Waals surface area (Å²) in [4.78, 5) is 0. The largest absolute Gasteiger partial charge is 0.495 e. The maximum absolute atomic E-state index is 5.23. The molecule has 0 bridgehead atoms. The Morgan fingerprint density at radius 3 is 1.50 bits per heavy atom. The molecule has 0 aromatic heterocycles. The molecule has 0 heterocycles. The molecular weight excluding hydrogens is 152 g/mol. The minimum atomic E-state index is 0.561. The van der Waals surface area contributed by atoms with Gasteiger partial charge in [-0.2, -0.15) is 0 Å². The predicted molar refractivity (Wildman–Crippen MR) is 50.8 cm³/mol. The van der Waals surface area contributed by atoms with Crippen molar-refractivity contribution in [2.24, 2.45) is 0 Å². The van der Waals surface area contributed by atoms with Crippen LogP contribution in [-0.4, -0.2) is 13.2 Å². The Hall–Kier alpha value is -0.920. The monoisotopic (exact) mass is 170 g/mol. The first-order chi connectivity index (χ1) is 5.70. The second-order valence-corrected chi connectivity index (χ2v) is 2.48. The Kier molecular flexibility index (Phi) is 6.25. The molecule has 0 spiro atoms. The third kappa shape index (κ3) is 5.83. The van der Waals surface area contributed by atoms with Gasteiger partial charge in [-0.1, -0.05) is 27.0 Å². The van der Waals surface area contributed by atoms with Gasteiger partial charge >= 0.3 is 0 Å². The van der Waals surface area contributed by atoms with E-state index in [0.29, 0.717) is 13.2 Å². The van der Waals surface area contributed by atoms with E-state index in [2.05, 4.69) is 13.2 Å². The van der Waals surface area contributed by atoms with Gasteiger partial charge in [-0.25, -0.2) is 0 Å². The zero-order chi connectivity index (χ0) is 9.40. The molecule has 0 aliphatic rings. The van der Waals surface area contributed by atoms with Gasteiger partial charge in [0, 0.05) is 12.8 Å². The van der Waals surface area contributed by atoms with Gasteiger partial charge in [0.1, 0.15) is 13.2 Å². The summed E-state index contributed by atoms with van der Waals surface area (Å²) < 4.78 is 10.5. The summed E-state index contributed by atoms with van der Waals surface area (Å²) in [7, 11) is 0. The minimum absolute atomic E-state index is 0.561. The highest BCUT2D eigenvalue weighted by Crippen LogP contribution is 2.01. The van der Waals surface area contributed by atoms with Crippen LogP contribution in [0.3, 0.4) is 0 Å². The van der Waals surface area contributed by atoms with Gasteiger partial charge in [-0.15, -0.1) is 0 Å². The summed E-state index contributed by atoms with van der Waals surface area (Å²) in [5.74, 6) is 1.61. The van der Waals surface area contributed by atoms with E-state index in [-0.39, 0.29) is 0 Å². The van der Waals surface area contributed by atoms with Crippen molar-refractivity contribution in [3.63, 3.8) is 0 Å². The molecule has 0 saturated heterocycles. The van der Waals surface area contributed by atoms with Crippen molar-refractivity contribution in [2.45, 2.75) is 26.7 Å². The first-order valence-electron chi connectivity index (χ1n) is 4.31. The topological polar surface area (TPSA) is 18.5 Å². The van der Waals surface area contributed by atoms with E-state index in [1.54, 1.807) is 0 Å². The van der Waals surface area contributed by atoms with Crippen LogP contribution in [0.5, 0.6) is 0 Å². The average molecular weight is 170 g/mol. The molecular formula is C10H18O2. The van der Waals surface area contributed by atoms with Crippen molar-refractivity contribution in [3.8, 4) is 0 Å². The molecule has 0 fully saturated rings. The molecule has 0 aliphatic heterocycles. The third-order valence-electron chi connectivity index (χ3n) is 1.48. The van der Waals surface area contributed by atoms with Gasteiger partial charge in [0.05, 0.1) is 11.5 Å². The summed E-state index contributed by atoms with van der Waals surface area (Å²) in [6, 6.07) is 0. The van der Waals surface area contributed by atoms with E-state index in [9.17, 15) is 0 Å². The fourth-order valence-corrected chi connectivity index (χ4v) is 0.576. The van der Waals surface area contributed by atoms with Crippen LogP contribution in [0.2, 0.25) is 0 Å². The summed E-state index contributed by atoms with van der Waals surface area (Å²) in [5, 5.41) is 0. The predicted octanol–water partition coefficient (Wildman–Crippen LogP) is 2.87. The highest BCUT2D eigenvalue weighted by atomic mass is 16.5. The van der Waals surface area contributed by atoms with Gasteiger partial charge in [-0.3, -0.25) is 0 Å². The number of hydrogen-bond acceptors (Lipinski definition) is 2. The fourth-order valence-electron chi connectivity index (χ4n) is 0.576. The van der Waals surface area contributed by atoms with Crippen LogP contribution >= 0.6 is 0 Å². The van der Waals surface area contributed by atoms with E-state index in [1.807, 2.05) is 13.8 Å². The SMILES string of the molecule is C=C(CC)OCCOC(=C)CC. The lowest BCUT2D eigenvalue weighted by molar-refractivity contribution is 0.112. The van der Waals surface area contributed by atoms with Crippen molar-refractivity contribution in [1.29, 1.82) is 0 Å². The van der Waals surface area contributed by atoms with Crippen molar-refractivity contribution in [2.75, 3.05) is 13.2 Å². The normalized spacial score (nSPS) is 9.17. The number of allylic oxidation sites excluding steroid dienone is 2. The molecule has 0 atom stereocenters. The molecule has 0 aromatic carbocycles. The molecule has 0 aromatic rings. The zero-order valence-corrected chi connectivity index (χ0v) is 8.06. The van der Waals surface area contributed by atoms with Crippen molar-refractivity contribution >= 4 is 0 Å². The lowest BCUT2D eigenvalue weighted by Crippen LogP contribution is -2.02. The van der Waals surface area contributed by atoms with Gasteiger partial charge in [0.25, 0.3) is 0 Å². The molecule has 0 amide bonds. The van der Waals surface area contributed by atoms with Crippen LogP contribution < -0.4 is 0 Å². The highest BCUT2D eigenvalue weighted by molar-refractivity contribution is 4.81. The quantitative estimate of drug-likeness (QED) is 0.432. The van der Waals surface area contributed by atoms with E-state index >= 15 is 0 Å². The van der Waals surface area contributed by atoms with Crippen LogP contribution in [0.15, 0.2) is 24.7 Å². The molecule has 0 saturated carbocycles. The van der Waals surface area contributed by atoms with Gasteiger partial charge in [0.15, 0.2) is 0 Å². The third-order valence-corrected chi connectivity index (χ3v) is 1.48. The summed E-state index contributed by atoms with van der Waals surface area (Å²) >= 11 is 0. The van der Waals surface area contributed by atoms with Crippen LogP contribution in [0.4, 0.5) is 0 Å². The van der Waals surface area contributed by atoms with E-state index < -0.39 is 0 Å². The number of ether oxygens (including phenoxy) is 2. The Morgan fingerprint density at radius 2 is 1.25 bits per heavy atom. The van der Waals surface area contributed by atoms with Crippen LogP contribution in [0.1, 0.15) is 26.7 Å². The van der Waals surface area contributed by atoms with Crippen molar-refractivity contribution < 1.29 is 9.47 Å². The molecule has 70 valence electrons. The van der Waals surface area contributed by atoms with Crippen molar-refractivity contribution in [1.82, 2.24) is 0 Å². The maximum atomic E-state index is 5.23. The summed E-state index contributed by atoms with van der Waals surface area (Å²) in [6.07, 6.45) is 1.71. The van der Waals surface area contributed by atoms with Crippen LogP contribution in [0.25, 0.3) is 0 Å². The second kappa shape index (κ2) is 6.77. The molecule has 0 aliphatic carbocycles. The Balaban J connectivity index is 3.21. The molecule has 0 radical (unpaired) electrons. The van der Waals surface area contributed by atoms with Crippen LogP contribution in [0, 0.1) is 0 Å². The summed E-state index contributed by atoms with van der Waals surface area (Å²) in [6.45, 7) is 12.6. The Bertz CT molecular complexity index is 132. The van der Waals surface area contributed by atoms with Gasteiger partial charge < -0.3 is 9.47 Å². The standard InChI is InChI=1S/C10H18O2/c1-5-9(3)11-7-8-12-10(4)6-2/h3-8H2,1-2H3. The summed E-state index contributed by atoms with van der Waals surface area (Å²) in [5.41, 5.74) is 0. The average Bonchev–Trinajstić information content (AvgIpc) is 2.11. The Labute approximate surface area is 74.9 Å². The maximum Gasteiger partial charge on any atom is 0.122 e. The first kappa shape index (κ1) is 11.1. The van der Waals surface area contributed by atoms with Crippen LogP contribution in [-0.2, 0) is 9.47 Å². The van der Waals surface area contributed by atoms with E-state index in [0.717, 1.165) is 24.4 Å². The van der Waals surface area contributed by atoms with E-state index in [1.165, 1.54) is 0 Å². The Morgan fingerprint density at radius 1 is 0.917 bits per heavy atom. The van der Waals surface area contributed by atoms with Gasteiger partial charge in [-0.05, 0) is 0 Å². The first-order valence-corrected chi connectivity index (χ1v) is 4.31. The number of hydrogen-bond donors (Lipinski definition) is 0. The molecule has 0 unspecified atom stereocenters.